The monoisotopic (exact) mass is 394 g/mol. The van der Waals surface area contributed by atoms with Crippen LogP contribution in [0.5, 0.6) is 0 Å². The molecule has 0 saturated carbocycles. The maximum Gasteiger partial charge on any atom is 0.272 e. The largest absolute Gasteiger partial charge is 0.337 e. The maximum absolute atomic E-state index is 14.3. The lowest BCUT2D eigenvalue weighted by atomic mass is 10.1. The van der Waals surface area contributed by atoms with Crippen molar-refractivity contribution in [3.63, 3.8) is 0 Å². The van der Waals surface area contributed by atoms with E-state index in [-0.39, 0.29) is 11.6 Å². The van der Waals surface area contributed by atoms with Crippen molar-refractivity contribution in [2.75, 3.05) is 13.1 Å². The number of carbonyl (C=O) groups is 1. The highest BCUT2D eigenvalue weighted by Crippen LogP contribution is 2.26. The third-order valence-corrected chi connectivity index (χ3v) is 5.03. The van der Waals surface area contributed by atoms with Crippen LogP contribution in [0.4, 0.5) is 10.1 Å². The summed E-state index contributed by atoms with van der Waals surface area (Å²) in [6.45, 7) is 1.33. The van der Waals surface area contributed by atoms with Crippen LogP contribution in [-0.2, 0) is 0 Å². The number of nitro groups is 1. The van der Waals surface area contributed by atoms with Gasteiger partial charge in [-0.15, -0.1) is 0 Å². The van der Waals surface area contributed by atoms with Gasteiger partial charge in [0.1, 0.15) is 11.5 Å². The minimum atomic E-state index is -0.489. The van der Waals surface area contributed by atoms with Crippen molar-refractivity contribution in [2.24, 2.45) is 0 Å². The quantitative estimate of drug-likeness (QED) is 0.490. The number of nitrogens with zero attached hydrogens (tertiary/aromatic N) is 4. The molecule has 0 radical (unpaired) electrons. The van der Waals surface area contributed by atoms with Gasteiger partial charge in [-0.25, -0.2) is 9.07 Å². The molecule has 0 bridgehead atoms. The number of hydrogen-bond acceptors (Lipinski definition) is 4. The number of piperidine rings is 1. The van der Waals surface area contributed by atoms with Crippen LogP contribution < -0.4 is 0 Å². The number of benzene rings is 2. The first-order chi connectivity index (χ1) is 14.0. The van der Waals surface area contributed by atoms with Crippen LogP contribution >= 0.6 is 0 Å². The third-order valence-electron chi connectivity index (χ3n) is 5.03. The molecule has 0 N–H and O–H groups in total. The molecule has 8 heteroatoms. The van der Waals surface area contributed by atoms with Gasteiger partial charge < -0.3 is 4.90 Å². The number of non-ortho nitro benzene ring substituents is 1. The summed E-state index contributed by atoms with van der Waals surface area (Å²) in [6, 6.07) is 13.6. The van der Waals surface area contributed by atoms with Crippen molar-refractivity contribution in [2.45, 2.75) is 19.3 Å². The smallest absolute Gasteiger partial charge is 0.272 e. The Labute approximate surface area is 166 Å². The molecule has 29 heavy (non-hydrogen) atoms. The van der Waals surface area contributed by atoms with E-state index < -0.39 is 10.7 Å². The molecule has 2 heterocycles. The Hall–Kier alpha value is -3.55. The zero-order valence-electron chi connectivity index (χ0n) is 15.6. The molecule has 4 rings (SSSR count). The van der Waals surface area contributed by atoms with Gasteiger partial charge in [0.25, 0.3) is 11.6 Å². The van der Waals surface area contributed by atoms with E-state index >= 15 is 0 Å². The second-order valence-electron chi connectivity index (χ2n) is 6.93. The number of amides is 1. The number of carbonyl (C=O) groups excluding carboxylic acids is 1. The van der Waals surface area contributed by atoms with Crippen LogP contribution in [0, 0.1) is 15.9 Å². The van der Waals surface area contributed by atoms with Gasteiger partial charge in [-0.2, -0.15) is 5.10 Å². The molecule has 3 aromatic rings. The summed E-state index contributed by atoms with van der Waals surface area (Å²) in [5.74, 6) is -0.615. The Balaban J connectivity index is 1.80. The van der Waals surface area contributed by atoms with Gasteiger partial charge in [0.15, 0.2) is 0 Å². The normalized spacial score (nSPS) is 14.0. The van der Waals surface area contributed by atoms with Crippen LogP contribution in [0.1, 0.15) is 29.8 Å². The van der Waals surface area contributed by atoms with E-state index in [9.17, 15) is 19.3 Å². The first kappa shape index (κ1) is 18.8. The standard InChI is InChI=1S/C21H19FN4O3/c22-18-7-3-2-6-17(18)19-14-20(21(27)24-12-4-1-5-13-24)25(23-19)15-8-10-16(11-9-15)26(28)29/h2-3,6-11,14H,1,4-5,12-13H2. The zero-order chi connectivity index (χ0) is 20.4. The highest BCUT2D eigenvalue weighted by Gasteiger charge is 2.25. The number of nitro benzene ring substituents is 1. The molecule has 0 unspecified atom stereocenters. The summed E-state index contributed by atoms with van der Waals surface area (Å²) in [5, 5.41) is 15.4. The molecule has 1 aromatic heterocycles. The molecular weight excluding hydrogens is 375 g/mol. The number of aromatic nitrogens is 2. The van der Waals surface area contributed by atoms with Gasteiger partial charge in [-0.1, -0.05) is 12.1 Å². The fourth-order valence-corrected chi connectivity index (χ4v) is 3.51. The topological polar surface area (TPSA) is 81.3 Å². The van der Waals surface area contributed by atoms with E-state index in [1.54, 1.807) is 29.2 Å². The Morgan fingerprint density at radius 2 is 1.72 bits per heavy atom. The van der Waals surface area contributed by atoms with Crippen LogP contribution in [0.3, 0.4) is 0 Å². The highest BCUT2D eigenvalue weighted by molar-refractivity contribution is 5.94. The molecule has 148 valence electrons. The average molecular weight is 394 g/mol. The first-order valence-corrected chi connectivity index (χ1v) is 9.43. The predicted octanol–water partition coefficient (Wildman–Crippen LogP) is 4.21. The second-order valence-corrected chi connectivity index (χ2v) is 6.93. The molecule has 0 spiro atoms. The summed E-state index contributed by atoms with van der Waals surface area (Å²) in [4.78, 5) is 25.4. The van der Waals surface area contributed by atoms with Crippen LogP contribution in [-0.4, -0.2) is 38.6 Å². The first-order valence-electron chi connectivity index (χ1n) is 9.43. The lowest BCUT2D eigenvalue weighted by Gasteiger charge is -2.26. The fraction of sp³-hybridized carbons (Fsp3) is 0.238. The van der Waals surface area contributed by atoms with Crippen molar-refractivity contribution in [1.82, 2.24) is 14.7 Å². The van der Waals surface area contributed by atoms with Crippen molar-refractivity contribution in [1.29, 1.82) is 0 Å². The Bertz CT molecular complexity index is 1060. The predicted molar refractivity (Wildman–Crippen MR) is 105 cm³/mol. The van der Waals surface area contributed by atoms with Crippen LogP contribution in [0.2, 0.25) is 0 Å². The summed E-state index contributed by atoms with van der Waals surface area (Å²) < 4.78 is 15.7. The molecular formula is C21H19FN4O3. The lowest BCUT2D eigenvalue weighted by molar-refractivity contribution is -0.384. The molecule has 1 aliphatic rings. The molecule has 2 aromatic carbocycles. The Morgan fingerprint density at radius 1 is 1.03 bits per heavy atom. The average Bonchev–Trinajstić information content (AvgIpc) is 3.19. The molecule has 1 amide bonds. The second kappa shape index (κ2) is 7.83. The molecule has 0 aliphatic carbocycles. The van der Waals surface area contributed by atoms with Gasteiger partial charge in [-0.3, -0.25) is 14.9 Å². The Kier molecular flexibility index (Phi) is 5.07. The number of halogens is 1. The van der Waals surface area contributed by atoms with Gasteiger partial charge in [-0.05, 0) is 49.6 Å². The molecule has 1 fully saturated rings. The van der Waals surface area contributed by atoms with Crippen molar-refractivity contribution in [3.8, 4) is 16.9 Å². The maximum atomic E-state index is 14.3. The third kappa shape index (κ3) is 3.73. The summed E-state index contributed by atoms with van der Waals surface area (Å²) in [6.07, 6.45) is 2.97. The zero-order valence-corrected chi connectivity index (χ0v) is 15.6. The molecule has 1 saturated heterocycles. The van der Waals surface area contributed by atoms with E-state index in [0.29, 0.717) is 35.7 Å². The van der Waals surface area contributed by atoms with E-state index in [2.05, 4.69) is 5.10 Å². The molecule has 7 nitrogen and oxygen atoms in total. The van der Waals surface area contributed by atoms with Crippen molar-refractivity contribution >= 4 is 11.6 Å². The van der Waals surface area contributed by atoms with Crippen molar-refractivity contribution < 1.29 is 14.1 Å². The molecule has 1 aliphatic heterocycles. The van der Waals surface area contributed by atoms with E-state index in [1.807, 2.05) is 0 Å². The van der Waals surface area contributed by atoms with Gasteiger partial charge >= 0.3 is 0 Å². The van der Waals surface area contributed by atoms with E-state index in [4.69, 9.17) is 0 Å². The minimum Gasteiger partial charge on any atom is -0.337 e. The summed E-state index contributed by atoms with van der Waals surface area (Å²) >= 11 is 0. The molecule has 0 atom stereocenters. The summed E-state index contributed by atoms with van der Waals surface area (Å²) in [5.41, 5.74) is 1.37. The lowest BCUT2D eigenvalue weighted by Crippen LogP contribution is -2.36. The SMILES string of the molecule is O=C(c1cc(-c2ccccc2F)nn1-c1ccc([N+](=O)[O-])cc1)N1CCCCC1. The van der Waals surface area contributed by atoms with Crippen molar-refractivity contribution in [3.05, 3.63) is 76.2 Å². The number of likely N-dealkylation sites (tertiary alicyclic amines) is 1. The highest BCUT2D eigenvalue weighted by atomic mass is 19.1. The fourth-order valence-electron chi connectivity index (χ4n) is 3.51. The van der Waals surface area contributed by atoms with Crippen LogP contribution in [0.15, 0.2) is 54.6 Å². The van der Waals surface area contributed by atoms with Gasteiger partial charge in [0.2, 0.25) is 0 Å². The van der Waals surface area contributed by atoms with Gasteiger partial charge in [0.05, 0.1) is 16.3 Å². The van der Waals surface area contributed by atoms with Crippen LogP contribution in [0.25, 0.3) is 16.9 Å². The number of rotatable bonds is 4. The Morgan fingerprint density at radius 3 is 2.38 bits per heavy atom. The van der Waals surface area contributed by atoms with Gasteiger partial charge in [0, 0.05) is 30.8 Å². The number of hydrogen-bond donors (Lipinski definition) is 0. The summed E-state index contributed by atoms with van der Waals surface area (Å²) in [7, 11) is 0. The van der Waals surface area contributed by atoms with E-state index in [0.717, 1.165) is 19.3 Å². The minimum absolute atomic E-state index is 0.0564. The van der Waals surface area contributed by atoms with E-state index in [1.165, 1.54) is 35.0 Å².